The zero-order valence-electron chi connectivity index (χ0n) is 11.6. The van der Waals surface area contributed by atoms with E-state index in [0.29, 0.717) is 44.0 Å². The van der Waals surface area contributed by atoms with Crippen LogP contribution in [0.15, 0.2) is 11.4 Å². The van der Waals surface area contributed by atoms with Gasteiger partial charge in [-0.3, -0.25) is 15.1 Å². The highest BCUT2D eigenvalue weighted by Gasteiger charge is 2.31. The zero-order valence-corrected chi connectivity index (χ0v) is 12.4. The molecular weight excluding hydrogens is 278 g/mol. The summed E-state index contributed by atoms with van der Waals surface area (Å²) >= 11 is 1.37. The smallest absolute Gasteiger partial charge is 0.275 e. The Morgan fingerprint density at radius 1 is 1.60 bits per heavy atom. The summed E-state index contributed by atoms with van der Waals surface area (Å²) in [7, 11) is 1.94. The molecule has 1 aliphatic heterocycles. The number of ether oxygens (including phenoxy) is 1. The lowest BCUT2D eigenvalue weighted by Crippen LogP contribution is -2.45. The van der Waals surface area contributed by atoms with Gasteiger partial charge in [-0.25, -0.2) is 5.84 Å². The average molecular weight is 299 g/mol. The number of hydrogen-bond acceptors (Lipinski definition) is 6. The summed E-state index contributed by atoms with van der Waals surface area (Å²) in [6.45, 7) is 2.37. The Morgan fingerprint density at radius 2 is 2.30 bits per heavy atom. The molecule has 7 heteroatoms. The van der Waals surface area contributed by atoms with Gasteiger partial charge < -0.3 is 9.84 Å². The molecule has 0 spiro atoms. The lowest BCUT2D eigenvalue weighted by molar-refractivity contribution is -0.0777. The van der Waals surface area contributed by atoms with Crippen molar-refractivity contribution in [3.8, 4) is 0 Å². The van der Waals surface area contributed by atoms with Crippen LogP contribution >= 0.6 is 11.3 Å². The molecule has 1 aromatic heterocycles. The number of nitrogens with zero attached hydrogens (tertiary/aromatic N) is 1. The molecule has 0 aromatic carbocycles. The molecule has 0 radical (unpaired) electrons. The third-order valence-corrected chi connectivity index (χ3v) is 4.47. The van der Waals surface area contributed by atoms with Crippen LogP contribution in [0.25, 0.3) is 0 Å². The second-order valence-electron chi connectivity index (χ2n) is 5.26. The molecule has 1 aromatic rings. The highest BCUT2D eigenvalue weighted by Crippen LogP contribution is 2.23. The molecule has 2 heterocycles. The number of amides is 1. The minimum absolute atomic E-state index is 0.270. The Balaban J connectivity index is 1.96. The van der Waals surface area contributed by atoms with Crippen molar-refractivity contribution in [1.82, 2.24) is 10.3 Å². The number of thiophene rings is 1. The van der Waals surface area contributed by atoms with Gasteiger partial charge in [-0.2, -0.15) is 0 Å². The van der Waals surface area contributed by atoms with Crippen molar-refractivity contribution >= 4 is 17.2 Å². The second kappa shape index (κ2) is 6.64. The maximum atomic E-state index is 11.6. The number of likely N-dealkylation sites (N-methyl/N-ethyl adjacent to an activating group) is 1. The maximum Gasteiger partial charge on any atom is 0.275 e. The Kier molecular flexibility index (Phi) is 5.11. The average Bonchev–Trinajstić information content (AvgIpc) is 2.86. The molecule has 0 bridgehead atoms. The number of nitrogen functional groups attached to an aromatic ring is 1. The molecule has 4 N–H and O–H groups in total. The van der Waals surface area contributed by atoms with Crippen LogP contribution in [0.3, 0.4) is 0 Å². The minimum Gasteiger partial charge on any atom is -0.388 e. The quantitative estimate of drug-likeness (QED) is 0.414. The van der Waals surface area contributed by atoms with E-state index < -0.39 is 5.60 Å². The van der Waals surface area contributed by atoms with Gasteiger partial charge in [0.25, 0.3) is 5.91 Å². The van der Waals surface area contributed by atoms with E-state index in [1.807, 2.05) is 23.4 Å². The van der Waals surface area contributed by atoms with Crippen LogP contribution in [0.2, 0.25) is 0 Å². The summed E-state index contributed by atoms with van der Waals surface area (Å²) in [4.78, 5) is 14.3. The third kappa shape index (κ3) is 3.77. The summed E-state index contributed by atoms with van der Waals surface area (Å²) in [6.07, 6.45) is 1.30. The highest BCUT2D eigenvalue weighted by atomic mass is 32.1. The lowest BCUT2D eigenvalue weighted by Gasteiger charge is -2.35. The predicted octanol–water partition coefficient (Wildman–Crippen LogP) is 0.325. The van der Waals surface area contributed by atoms with Gasteiger partial charge in [-0.1, -0.05) is 0 Å². The molecule has 0 unspecified atom stereocenters. The number of carbonyl (C=O) groups excluding carboxylic acids is 1. The first-order chi connectivity index (χ1) is 9.54. The summed E-state index contributed by atoms with van der Waals surface area (Å²) < 4.78 is 5.27. The number of rotatable bonds is 5. The summed E-state index contributed by atoms with van der Waals surface area (Å²) in [5, 5.41) is 12.3. The van der Waals surface area contributed by atoms with Gasteiger partial charge in [-0.15, -0.1) is 11.3 Å². The number of aliphatic hydroxyl groups is 1. The van der Waals surface area contributed by atoms with E-state index >= 15 is 0 Å². The minimum atomic E-state index is -0.695. The Bertz CT molecular complexity index is 457. The second-order valence-corrected chi connectivity index (χ2v) is 6.17. The fraction of sp³-hybridized carbons (Fsp3) is 0.615. The highest BCUT2D eigenvalue weighted by molar-refractivity contribution is 7.12. The maximum absolute atomic E-state index is 11.6. The van der Waals surface area contributed by atoms with E-state index in [4.69, 9.17) is 10.6 Å². The van der Waals surface area contributed by atoms with Gasteiger partial charge in [-0.05, 0) is 24.1 Å². The van der Waals surface area contributed by atoms with Gasteiger partial charge in [0.15, 0.2) is 0 Å². The van der Waals surface area contributed by atoms with E-state index in [9.17, 15) is 9.90 Å². The van der Waals surface area contributed by atoms with Gasteiger partial charge in [0, 0.05) is 39.1 Å². The number of hydrogen-bond donors (Lipinski definition) is 3. The van der Waals surface area contributed by atoms with E-state index in [0.717, 1.165) is 5.56 Å². The predicted molar refractivity (Wildman–Crippen MR) is 77.3 cm³/mol. The summed E-state index contributed by atoms with van der Waals surface area (Å²) in [5.41, 5.74) is 2.39. The number of nitrogens with one attached hydrogen (secondary N) is 1. The Labute approximate surface area is 122 Å². The first-order valence-corrected chi connectivity index (χ1v) is 7.48. The molecule has 1 fully saturated rings. The van der Waals surface area contributed by atoms with Crippen LogP contribution in [0.4, 0.5) is 0 Å². The monoisotopic (exact) mass is 299 g/mol. The van der Waals surface area contributed by atoms with Crippen LogP contribution in [-0.4, -0.2) is 48.3 Å². The SMILES string of the molecule is CN(Cc1ccsc1C(=O)NN)CC1(O)CCOCC1. The summed E-state index contributed by atoms with van der Waals surface area (Å²) in [5.74, 6) is 4.90. The molecule has 1 aliphatic rings. The molecule has 6 nitrogen and oxygen atoms in total. The van der Waals surface area contributed by atoms with Crippen LogP contribution in [-0.2, 0) is 11.3 Å². The van der Waals surface area contributed by atoms with Gasteiger partial charge in [0.1, 0.15) is 0 Å². The van der Waals surface area contributed by atoms with Gasteiger partial charge >= 0.3 is 0 Å². The molecule has 1 amide bonds. The van der Waals surface area contributed by atoms with E-state index in [1.54, 1.807) is 0 Å². The molecular formula is C13H21N3O3S. The zero-order chi connectivity index (χ0) is 14.6. The fourth-order valence-electron chi connectivity index (χ4n) is 2.48. The number of hydrazine groups is 1. The van der Waals surface area contributed by atoms with Crippen molar-refractivity contribution in [2.45, 2.75) is 25.0 Å². The molecule has 1 saturated heterocycles. The molecule has 20 heavy (non-hydrogen) atoms. The van der Waals surface area contributed by atoms with E-state index in [1.165, 1.54) is 11.3 Å². The fourth-order valence-corrected chi connectivity index (χ4v) is 3.30. The lowest BCUT2D eigenvalue weighted by atomic mass is 9.94. The van der Waals surface area contributed by atoms with Crippen LogP contribution in [0.5, 0.6) is 0 Å². The Morgan fingerprint density at radius 3 is 2.95 bits per heavy atom. The van der Waals surface area contributed by atoms with Crippen molar-refractivity contribution in [3.63, 3.8) is 0 Å². The number of nitrogens with two attached hydrogens (primary N) is 1. The molecule has 0 atom stereocenters. The first kappa shape index (κ1) is 15.4. The summed E-state index contributed by atoms with van der Waals surface area (Å²) in [6, 6.07) is 1.92. The largest absolute Gasteiger partial charge is 0.388 e. The molecule has 0 saturated carbocycles. The molecule has 2 rings (SSSR count). The van der Waals surface area contributed by atoms with E-state index in [-0.39, 0.29) is 5.91 Å². The first-order valence-electron chi connectivity index (χ1n) is 6.60. The van der Waals surface area contributed by atoms with Crippen molar-refractivity contribution in [3.05, 3.63) is 21.9 Å². The van der Waals surface area contributed by atoms with Crippen molar-refractivity contribution in [1.29, 1.82) is 0 Å². The van der Waals surface area contributed by atoms with Crippen LogP contribution in [0, 0.1) is 0 Å². The van der Waals surface area contributed by atoms with E-state index in [2.05, 4.69) is 5.43 Å². The topological polar surface area (TPSA) is 87.8 Å². The standard InChI is InChI=1S/C13H21N3O3S/c1-16(9-13(18)3-5-19-6-4-13)8-10-2-7-20-11(10)12(17)15-14/h2,7,18H,3-6,8-9,14H2,1H3,(H,15,17). The van der Waals surface area contributed by atoms with Crippen LogP contribution in [0.1, 0.15) is 28.1 Å². The van der Waals surface area contributed by atoms with Crippen molar-refractivity contribution in [2.75, 3.05) is 26.8 Å². The third-order valence-electron chi connectivity index (χ3n) is 3.51. The normalized spacial score (nSPS) is 18.2. The van der Waals surface area contributed by atoms with Crippen LogP contribution < -0.4 is 11.3 Å². The Hall–Kier alpha value is -0.990. The van der Waals surface area contributed by atoms with Crippen molar-refractivity contribution in [2.24, 2.45) is 5.84 Å². The van der Waals surface area contributed by atoms with Crippen molar-refractivity contribution < 1.29 is 14.6 Å². The van der Waals surface area contributed by atoms with Gasteiger partial charge in [0.05, 0.1) is 10.5 Å². The van der Waals surface area contributed by atoms with Gasteiger partial charge in [0.2, 0.25) is 0 Å². The molecule has 0 aliphatic carbocycles. The number of carbonyl (C=O) groups is 1. The molecule has 112 valence electrons.